The third kappa shape index (κ3) is 6.16. The summed E-state index contributed by atoms with van der Waals surface area (Å²) < 4.78 is 0.851. The Kier molecular flexibility index (Phi) is 7.17. The SMILES string of the molecule is CC(C)NC(=O)C(=O)N/N=C\c1cc(Br)ccc1Nc1ccc(Cl)cc1. The van der Waals surface area contributed by atoms with Crippen molar-refractivity contribution >= 4 is 56.9 Å². The van der Waals surface area contributed by atoms with Crippen LogP contribution in [-0.4, -0.2) is 24.1 Å². The summed E-state index contributed by atoms with van der Waals surface area (Å²) in [5, 5.41) is 10.3. The summed E-state index contributed by atoms with van der Waals surface area (Å²) in [4.78, 5) is 23.2. The fraction of sp³-hybridized carbons (Fsp3) is 0.167. The Labute approximate surface area is 165 Å². The lowest BCUT2D eigenvalue weighted by atomic mass is 10.2. The van der Waals surface area contributed by atoms with E-state index in [1.165, 1.54) is 6.21 Å². The van der Waals surface area contributed by atoms with Crippen molar-refractivity contribution in [2.45, 2.75) is 19.9 Å². The predicted molar refractivity (Wildman–Crippen MR) is 108 cm³/mol. The van der Waals surface area contributed by atoms with Gasteiger partial charge in [-0.1, -0.05) is 27.5 Å². The molecule has 0 heterocycles. The molecule has 0 saturated heterocycles. The van der Waals surface area contributed by atoms with Crippen molar-refractivity contribution in [3.05, 3.63) is 57.5 Å². The van der Waals surface area contributed by atoms with Crippen LogP contribution >= 0.6 is 27.5 Å². The smallest absolute Gasteiger partial charge is 0.329 e. The van der Waals surface area contributed by atoms with Gasteiger partial charge in [-0.3, -0.25) is 9.59 Å². The van der Waals surface area contributed by atoms with Gasteiger partial charge in [-0.15, -0.1) is 0 Å². The topological polar surface area (TPSA) is 82.6 Å². The van der Waals surface area contributed by atoms with Gasteiger partial charge in [-0.2, -0.15) is 5.10 Å². The van der Waals surface area contributed by atoms with Crippen molar-refractivity contribution in [2.24, 2.45) is 5.10 Å². The molecule has 0 unspecified atom stereocenters. The van der Waals surface area contributed by atoms with E-state index in [1.807, 2.05) is 30.3 Å². The van der Waals surface area contributed by atoms with E-state index in [4.69, 9.17) is 11.6 Å². The van der Waals surface area contributed by atoms with Crippen LogP contribution in [0.1, 0.15) is 19.4 Å². The summed E-state index contributed by atoms with van der Waals surface area (Å²) in [5.41, 5.74) is 4.56. The third-order valence-electron chi connectivity index (χ3n) is 3.13. The Balaban J connectivity index is 2.10. The largest absolute Gasteiger partial charge is 0.355 e. The van der Waals surface area contributed by atoms with Crippen LogP contribution in [-0.2, 0) is 9.59 Å². The maximum Gasteiger partial charge on any atom is 0.329 e. The first-order valence-corrected chi connectivity index (χ1v) is 8.98. The summed E-state index contributed by atoms with van der Waals surface area (Å²) in [6, 6.07) is 12.7. The first-order valence-electron chi connectivity index (χ1n) is 7.81. The highest BCUT2D eigenvalue weighted by atomic mass is 79.9. The Morgan fingerprint density at radius 3 is 2.46 bits per heavy atom. The Morgan fingerprint density at radius 2 is 1.81 bits per heavy atom. The monoisotopic (exact) mass is 436 g/mol. The van der Waals surface area contributed by atoms with Crippen LogP contribution in [0.25, 0.3) is 0 Å². The van der Waals surface area contributed by atoms with Gasteiger partial charge in [-0.25, -0.2) is 5.43 Å². The zero-order chi connectivity index (χ0) is 19.1. The quantitative estimate of drug-likeness (QED) is 0.378. The molecule has 0 atom stereocenters. The van der Waals surface area contributed by atoms with Crippen LogP contribution in [0.3, 0.4) is 0 Å². The summed E-state index contributed by atoms with van der Waals surface area (Å²) in [7, 11) is 0. The number of hydrazone groups is 1. The van der Waals surface area contributed by atoms with Gasteiger partial charge in [0.25, 0.3) is 0 Å². The predicted octanol–water partition coefficient (Wildman–Crippen LogP) is 3.82. The van der Waals surface area contributed by atoms with E-state index >= 15 is 0 Å². The normalized spacial score (nSPS) is 10.8. The van der Waals surface area contributed by atoms with E-state index in [0.717, 1.165) is 21.4 Å². The number of benzene rings is 2. The van der Waals surface area contributed by atoms with E-state index in [-0.39, 0.29) is 6.04 Å². The molecule has 26 heavy (non-hydrogen) atoms. The fourth-order valence-corrected chi connectivity index (χ4v) is 2.49. The van der Waals surface area contributed by atoms with Crippen LogP contribution in [0.5, 0.6) is 0 Å². The Morgan fingerprint density at radius 1 is 1.12 bits per heavy atom. The zero-order valence-corrected chi connectivity index (χ0v) is 16.6. The second-order valence-corrected chi connectivity index (χ2v) is 7.04. The van der Waals surface area contributed by atoms with Crippen LogP contribution in [0.15, 0.2) is 52.0 Å². The number of rotatable bonds is 5. The average Bonchev–Trinajstić information content (AvgIpc) is 2.58. The standard InChI is InChI=1S/C18H18BrClN4O2/c1-11(2)22-17(25)18(26)24-21-10-12-9-13(19)3-8-16(12)23-15-6-4-14(20)5-7-15/h3-11,23H,1-2H3,(H,22,25)(H,24,26)/b21-10-. The highest BCUT2D eigenvalue weighted by molar-refractivity contribution is 9.10. The van der Waals surface area contributed by atoms with E-state index in [1.54, 1.807) is 26.0 Å². The van der Waals surface area contributed by atoms with Gasteiger partial charge in [0.15, 0.2) is 0 Å². The van der Waals surface area contributed by atoms with E-state index in [0.29, 0.717) is 5.02 Å². The van der Waals surface area contributed by atoms with Crippen LogP contribution in [0.4, 0.5) is 11.4 Å². The molecule has 0 aromatic heterocycles. The van der Waals surface area contributed by atoms with E-state index in [2.05, 4.69) is 37.1 Å². The minimum absolute atomic E-state index is 0.127. The molecule has 2 amide bonds. The molecule has 2 aromatic carbocycles. The molecular formula is C18H18BrClN4O2. The fourth-order valence-electron chi connectivity index (χ4n) is 1.98. The van der Waals surface area contributed by atoms with Gasteiger partial charge in [-0.05, 0) is 56.3 Å². The summed E-state index contributed by atoms with van der Waals surface area (Å²) in [6.45, 7) is 3.54. The van der Waals surface area contributed by atoms with E-state index in [9.17, 15) is 9.59 Å². The molecule has 0 radical (unpaired) electrons. The second-order valence-electron chi connectivity index (χ2n) is 5.69. The zero-order valence-electron chi connectivity index (χ0n) is 14.2. The first-order chi connectivity index (χ1) is 12.3. The van der Waals surface area contributed by atoms with Crippen molar-refractivity contribution in [3.63, 3.8) is 0 Å². The molecule has 0 fully saturated rings. The molecule has 2 aromatic rings. The van der Waals surface area contributed by atoms with Gasteiger partial charge in [0.05, 0.1) is 6.21 Å². The second kappa shape index (κ2) is 9.35. The summed E-state index contributed by atoms with van der Waals surface area (Å²) in [6.07, 6.45) is 1.46. The summed E-state index contributed by atoms with van der Waals surface area (Å²) >= 11 is 9.30. The molecule has 0 bridgehead atoms. The van der Waals surface area contributed by atoms with Gasteiger partial charge in [0, 0.05) is 32.5 Å². The molecule has 6 nitrogen and oxygen atoms in total. The number of hydrogen-bond acceptors (Lipinski definition) is 4. The van der Waals surface area contributed by atoms with Crippen molar-refractivity contribution in [2.75, 3.05) is 5.32 Å². The van der Waals surface area contributed by atoms with Gasteiger partial charge >= 0.3 is 11.8 Å². The molecule has 0 aliphatic heterocycles. The molecule has 0 aliphatic rings. The lowest BCUT2D eigenvalue weighted by molar-refractivity contribution is -0.139. The average molecular weight is 438 g/mol. The lowest BCUT2D eigenvalue weighted by Gasteiger charge is -2.10. The molecule has 0 aliphatic carbocycles. The number of halogens is 2. The van der Waals surface area contributed by atoms with Crippen LogP contribution in [0, 0.1) is 0 Å². The number of amides is 2. The van der Waals surface area contributed by atoms with Crippen molar-refractivity contribution in [1.82, 2.24) is 10.7 Å². The maximum absolute atomic E-state index is 11.7. The number of nitrogens with one attached hydrogen (secondary N) is 3. The molecule has 0 spiro atoms. The number of nitrogens with zero attached hydrogens (tertiary/aromatic N) is 1. The minimum atomic E-state index is -0.822. The van der Waals surface area contributed by atoms with Crippen LogP contribution < -0.4 is 16.1 Å². The molecule has 136 valence electrons. The molecule has 8 heteroatoms. The highest BCUT2D eigenvalue weighted by Crippen LogP contribution is 2.24. The van der Waals surface area contributed by atoms with Gasteiger partial charge in [0.1, 0.15) is 0 Å². The Bertz CT molecular complexity index is 822. The molecule has 0 saturated carbocycles. The highest BCUT2D eigenvalue weighted by Gasteiger charge is 2.13. The number of carbonyl (C=O) groups is 2. The maximum atomic E-state index is 11.7. The van der Waals surface area contributed by atoms with E-state index < -0.39 is 11.8 Å². The number of anilines is 2. The molecule has 3 N–H and O–H groups in total. The number of hydrogen-bond donors (Lipinski definition) is 3. The number of carbonyl (C=O) groups excluding carboxylic acids is 2. The van der Waals surface area contributed by atoms with Gasteiger partial charge in [0.2, 0.25) is 0 Å². The van der Waals surface area contributed by atoms with Crippen LogP contribution in [0.2, 0.25) is 5.02 Å². The minimum Gasteiger partial charge on any atom is -0.355 e. The Hall–Kier alpha value is -2.38. The van der Waals surface area contributed by atoms with Crippen molar-refractivity contribution < 1.29 is 9.59 Å². The first kappa shape index (κ1) is 19.9. The summed E-state index contributed by atoms with van der Waals surface area (Å²) in [5.74, 6) is -1.55. The molecular weight excluding hydrogens is 420 g/mol. The van der Waals surface area contributed by atoms with Crippen molar-refractivity contribution in [1.29, 1.82) is 0 Å². The van der Waals surface area contributed by atoms with Crippen molar-refractivity contribution in [3.8, 4) is 0 Å². The molecule has 2 rings (SSSR count). The lowest BCUT2D eigenvalue weighted by Crippen LogP contribution is -2.41. The van der Waals surface area contributed by atoms with Gasteiger partial charge < -0.3 is 10.6 Å². The third-order valence-corrected chi connectivity index (χ3v) is 3.88.